The SMILES string of the molecule is [2H]C([2H])([2H])C1N(C2CCCCC2)C(C2CCCC2)[C@H](C)N1c1ccccc1C. The van der Waals surface area contributed by atoms with Gasteiger partial charge in [-0.25, -0.2) is 0 Å². The largest absolute Gasteiger partial charge is 0.352 e. The molecule has 0 radical (unpaired) electrons. The Morgan fingerprint density at radius 1 is 0.960 bits per heavy atom. The first-order chi connectivity index (χ1) is 13.4. The van der Waals surface area contributed by atoms with E-state index in [1.165, 1.54) is 50.5 Å². The van der Waals surface area contributed by atoms with E-state index in [9.17, 15) is 0 Å². The third-order valence-electron chi connectivity index (χ3n) is 7.10. The molecule has 3 aliphatic rings. The van der Waals surface area contributed by atoms with Gasteiger partial charge in [0.05, 0.1) is 6.17 Å². The molecule has 1 aliphatic heterocycles. The molecule has 0 N–H and O–H groups in total. The molecule has 1 aromatic carbocycles. The van der Waals surface area contributed by atoms with Gasteiger partial charge in [0.2, 0.25) is 0 Å². The van der Waals surface area contributed by atoms with E-state index < -0.39 is 13.0 Å². The maximum absolute atomic E-state index is 8.53. The van der Waals surface area contributed by atoms with Crippen molar-refractivity contribution in [2.24, 2.45) is 5.92 Å². The monoisotopic (exact) mass is 343 g/mol. The second-order valence-electron chi connectivity index (χ2n) is 8.58. The molecular weight excluding hydrogens is 304 g/mol. The summed E-state index contributed by atoms with van der Waals surface area (Å²) in [5.74, 6) is 0.635. The summed E-state index contributed by atoms with van der Waals surface area (Å²) in [7, 11) is 0. The maximum atomic E-state index is 8.53. The minimum absolute atomic E-state index is 0.233. The van der Waals surface area contributed by atoms with Crippen molar-refractivity contribution in [1.82, 2.24) is 4.90 Å². The molecule has 0 spiro atoms. The molecule has 3 fully saturated rings. The first-order valence-corrected chi connectivity index (χ1v) is 10.5. The van der Waals surface area contributed by atoms with Gasteiger partial charge in [0.1, 0.15) is 0 Å². The number of aryl methyl sites for hydroxylation is 1. The van der Waals surface area contributed by atoms with Crippen LogP contribution in [0.1, 0.15) is 81.2 Å². The molecule has 2 aliphatic carbocycles. The highest BCUT2D eigenvalue weighted by Gasteiger charge is 2.49. The minimum Gasteiger partial charge on any atom is -0.352 e. The van der Waals surface area contributed by atoms with Gasteiger partial charge < -0.3 is 4.90 Å². The zero-order valence-electron chi connectivity index (χ0n) is 19.0. The second kappa shape index (κ2) is 7.31. The lowest BCUT2D eigenvalue weighted by Gasteiger charge is -2.40. The van der Waals surface area contributed by atoms with Crippen molar-refractivity contribution in [2.45, 2.75) is 103 Å². The van der Waals surface area contributed by atoms with Gasteiger partial charge in [0.15, 0.2) is 0 Å². The number of hydrogen-bond donors (Lipinski definition) is 0. The fraction of sp³-hybridized carbons (Fsp3) is 0.739. The van der Waals surface area contributed by atoms with Crippen molar-refractivity contribution in [1.29, 1.82) is 0 Å². The first kappa shape index (κ1) is 14.1. The number of anilines is 1. The highest BCUT2D eigenvalue weighted by Crippen LogP contribution is 2.44. The third kappa shape index (κ3) is 3.12. The predicted octanol–water partition coefficient (Wildman–Crippen LogP) is 5.74. The van der Waals surface area contributed by atoms with Crippen LogP contribution in [0.15, 0.2) is 24.3 Å². The summed E-state index contributed by atoms with van der Waals surface area (Å²) in [5.41, 5.74) is 2.29. The summed E-state index contributed by atoms with van der Waals surface area (Å²) in [6.45, 7) is 2.39. The Balaban J connectivity index is 1.80. The van der Waals surface area contributed by atoms with E-state index in [2.05, 4.69) is 47.9 Å². The topological polar surface area (TPSA) is 6.48 Å². The quantitative estimate of drug-likeness (QED) is 0.690. The second-order valence-corrected chi connectivity index (χ2v) is 8.58. The predicted molar refractivity (Wildman–Crippen MR) is 107 cm³/mol. The summed E-state index contributed by atoms with van der Waals surface area (Å²) in [4.78, 5) is 4.78. The molecule has 2 heteroatoms. The Kier molecular flexibility index (Phi) is 4.12. The van der Waals surface area contributed by atoms with E-state index in [1.54, 1.807) is 0 Å². The van der Waals surface area contributed by atoms with Crippen LogP contribution in [0.25, 0.3) is 0 Å². The molecule has 1 heterocycles. The number of nitrogens with zero attached hydrogens (tertiary/aromatic N) is 2. The van der Waals surface area contributed by atoms with Crippen LogP contribution in [0.5, 0.6) is 0 Å². The molecule has 4 rings (SSSR count). The molecule has 2 nitrogen and oxygen atoms in total. The molecular formula is C23H36N2. The van der Waals surface area contributed by atoms with Crippen molar-refractivity contribution < 1.29 is 4.11 Å². The summed E-state index contributed by atoms with van der Waals surface area (Å²) < 4.78 is 25.6. The summed E-state index contributed by atoms with van der Waals surface area (Å²) in [6.07, 6.45) is 10.7. The Bertz CT molecular complexity index is 662. The molecule has 2 unspecified atom stereocenters. The Morgan fingerprint density at radius 3 is 2.32 bits per heavy atom. The van der Waals surface area contributed by atoms with Gasteiger partial charge in [-0.2, -0.15) is 0 Å². The van der Waals surface area contributed by atoms with Crippen molar-refractivity contribution in [2.75, 3.05) is 4.90 Å². The Hall–Kier alpha value is -1.02. The van der Waals surface area contributed by atoms with Crippen LogP contribution in [0.4, 0.5) is 5.69 Å². The van der Waals surface area contributed by atoms with E-state index in [0.717, 1.165) is 18.5 Å². The maximum Gasteiger partial charge on any atom is 0.0801 e. The summed E-state index contributed by atoms with van der Waals surface area (Å²) in [6, 6.07) is 9.36. The highest BCUT2D eigenvalue weighted by molar-refractivity contribution is 5.56. The van der Waals surface area contributed by atoms with Crippen molar-refractivity contribution in [3.05, 3.63) is 29.8 Å². The molecule has 3 atom stereocenters. The van der Waals surface area contributed by atoms with Crippen LogP contribution in [0, 0.1) is 12.8 Å². The van der Waals surface area contributed by atoms with E-state index in [4.69, 9.17) is 4.11 Å². The van der Waals surface area contributed by atoms with Gasteiger partial charge in [-0.3, -0.25) is 4.90 Å². The molecule has 0 aromatic heterocycles. The van der Waals surface area contributed by atoms with Crippen molar-refractivity contribution >= 4 is 5.69 Å². The van der Waals surface area contributed by atoms with Crippen LogP contribution in [-0.2, 0) is 0 Å². The summed E-state index contributed by atoms with van der Waals surface area (Å²) in [5, 5.41) is 0. The van der Waals surface area contributed by atoms with E-state index in [1.807, 2.05) is 0 Å². The smallest absolute Gasteiger partial charge is 0.0801 e. The molecule has 138 valence electrons. The van der Waals surface area contributed by atoms with Crippen LogP contribution in [0.3, 0.4) is 0 Å². The van der Waals surface area contributed by atoms with Crippen LogP contribution in [0.2, 0.25) is 0 Å². The van der Waals surface area contributed by atoms with Gasteiger partial charge in [-0.15, -0.1) is 0 Å². The van der Waals surface area contributed by atoms with E-state index in [0.29, 0.717) is 18.0 Å². The zero-order chi connectivity index (χ0) is 19.9. The molecule has 25 heavy (non-hydrogen) atoms. The Labute approximate surface area is 158 Å². The average Bonchev–Trinajstić information content (AvgIpc) is 3.28. The van der Waals surface area contributed by atoms with Gasteiger partial charge in [-0.05, 0) is 63.9 Å². The van der Waals surface area contributed by atoms with Gasteiger partial charge in [0, 0.05) is 27.9 Å². The molecule has 1 aromatic rings. The van der Waals surface area contributed by atoms with Crippen LogP contribution < -0.4 is 4.90 Å². The van der Waals surface area contributed by atoms with Crippen molar-refractivity contribution in [3.63, 3.8) is 0 Å². The minimum atomic E-state index is -2.01. The number of rotatable bonds is 3. The van der Waals surface area contributed by atoms with Crippen LogP contribution >= 0.6 is 0 Å². The third-order valence-corrected chi connectivity index (χ3v) is 7.10. The number of para-hydroxylation sites is 1. The molecule has 2 saturated carbocycles. The Morgan fingerprint density at radius 2 is 1.64 bits per heavy atom. The van der Waals surface area contributed by atoms with Gasteiger partial charge >= 0.3 is 0 Å². The molecule has 0 bridgehead atoms. The number of benzene rings is 1. The lowest BCUT2D eigenvalue weighted by molar-refractivity contribution is 0.0739. The molecule has 1 saturated heterocycles. The van der Waals surface area contributed by atoms with E-state index in [-0.39, 0.29) is 6.04 Å². The lowest BCUT2D eigenvalue weighted by Crippen LogP contribution is -2.48. The highest BCUT2D eigenvalue weighted by atomic mass is 15.5. The van der Waals surface area contributed by atoms with E-state index >= 15 is 0 Å². The fourth-order valence-corrected chi connectivity index (χ4v) is 5.91. The standard InChI is InChI=1S/C23H36N2/c1-17-11-7-10-16-22(17)24-18(2)23(20-12-8-9-13-20)25(19(24)3)21-14-5-4-6-15-21/h7,10-11,16,18-21,23H,4-6,8-9,12-15H2,1-3H3/t18-,19?,23?/m0/s1/i3D3. The summed E-state index contributed by atoms with van der Waals surface area (Å²) >= 11 is 0. The molecule has 0 amide bonds. The first-order valence-electron chi connectivity index (χ1n) is 12.0. The lowest BCUT2D eigenvalue weighted by atomic mass is 9.88. The fourth-order valence-electron chi connectivity index (χ4n) is 5.91. The zero-order valence-corrected chi connectivity index (χ0v) is 16.0. The number of hydrogen-bond acceptors (Lipinski definition) is 2. The van der Waals surface area contributed by atoms with Crippen molar-refractivity contribution in [3.8, 4) is 0 Å². The average molecular weight is 344 g/mol. The van der Waals surface area contributed by atoms with Crippen LogP contribution in [-0.4, -0.2) is 29.2 Å². The van der Waals surface area contributed by atoms with Gasteiger partial charge in [-0.1, -0.05) is 50.3 Å². The van der Waals surface area contributed by atoms with Gasteiger partial charge in [0.25, 0.3) is 0 Å². The normalized spacial score (nSPS) is 34.9.